The first-order valence-electron chi connectivity index (χ1n) is 9.22. The second kappa shape index (κ2) is 7.35. The fraction of sp³-hybridized carbons (Fsp3) is 0.429. The van der Waals surface area contributed by atoms with Crippen molar-refractivity contribution in [1.82, 2.24) is 9.88 Å². The molecule has 1 saturated carbocycles. The van der Waals surface area contributed by atoms with Crippen molar-refractivity contribution in [1.29, 1.82) is 5.26 Å². The van der Waals surface area contributed by atoms with E-state index in [0.717, 1.165) is 50.3 Å². The molecule has 3 atom stereocenters. The lowest BCUT2D eigenvalue weighted by atomic mass is 10.0. The number of pyridine rings is 1. The Morgan fingerprint density at radius 2 is 1.85 bits per heavy atom. The zero-order chi connectivity index (χ0) is 17.9. The van der Waals surface area contributed by atoms with Crippen LogP contribution in [0.1, 0.15) is 24.1 Å². The van der Waals surface area contributed by atoms with Gasteiger partial charge in [-0.15, -0.1) is 0 Å². The summed E-state index contributed by atoms with van der Waals surface area (Å²) in [4.78, 5) is 6.80. The van der Waals surface area contributed by atoms with Crippen LogP contribution in [0.25, 0.3) is 0 Å². The van der Waals surface area contributed by atoms with Gasteiger partial charge in [0.2, 0.25) is 0 Å². The molecule has 4 rings (SSSR count). The number of nitriles is 1. The molecule has 26 heavy (non-hydrogen) atoms. The molecule has 1 aliphatic heterocycles. The molecule has 1 aromatic carbocycles. The molecule has 1 N–H and O–H groups in total. The molecule has 1 aromatic heterocycles. The molecule has 0 spiro atoms. The molecule has 1 aliphatic carbocycles. The van der Waals surface area contributed by atoms with Crippen LogP contribution >= 0.6 is 0 Å². The van der Waals surface area contributed by atoms with Crippen molar-refractivity contribution in [2.24, 2.45) is 11.8 Å². The van der Waals surface area contributed by atoms with E-state index in [9.17, 15) is 5.11 Å². The summed E-state index contributed by atoms with van der Waals surface area (Å²) in [6.45, 7) is 3.29. The summed E-state index contributed by atoms with van der Waals surface area (Å²) in [7, 11) is 0. The highest BCUT2D eigenvalue weighted by Crippen LogP contribution is 2.39. The van der Waals surface area contributed by atoms with Crippen LogP contribution in [-0.4, -0.2) is 40.7 Å². The van der Waals surface area contributed by atoms with Crippen molar-refractivity contribution in [2.75, 3.05) is 19.6 Å². The van der Waals surface area contributed by atoms with Crippen LogP contribution in [-0.2, 0) is 6.42 Å². The van der Waals surface area contributed by atoms with E-state index in [-0.39, 0.29) is 5.75 Å². The van der Waals surface area contributed by atoms with Gasteiger partial charge in [-0.3, -0.25) is 4.98 Å². The third-order valence-electron chi connectivity index (χ3n) is 5.56. The minimum atomic E-state index is 0.220. The number of fused-ring (bicyclic) bond motifs is 1. The molecule has 0 amide bonds. The van der Waals surface area contributed by atoms with Gasteiger partial charge in [0.05, 0.1) is 23.9 Å². The van der Waals surface area contributed by atoms with Crippen LogP contribution in [0.3, 0.4) is 0 Å². The Labute approximate surface area is 153 Å². The Morgan fingerprint density at radius 3 is 2.46 bits per heavy atom. The lowest BCUT2D eigenvalue weighted by Gasteiger charge is -2.19. The van der Waals surface area contributed by atoms with Crippen molar-refractivity contribution < 1.29 is 9.84 Å². The number of nitrogens with zero attached hydrogens (tertiary/aromatic N) is 3. The van der Waals surface area contributed by atoms with Crippen molar-refractivity contribution >= 4 is 0 Å². The van der Waals surface area contributed by atoms with Gasteiger partial charge < -0.3 is 14.7 Å². The van der Waals surface area contributed by atoms with Crippen molar-refractivity contribution in [3.05, 3.63) is 53.9 Å². The molecular weight excluding hydrogens is 326 g/mol. The number of likely N-dealkylation sites (tertiary alicyclic amines) is 1. The van der Waals surface area contributed by atoms with Gasteiger partial charge in [0.1, 0.15) is 11.5 Å². The summed E-state index contributed by atoms with van der Waals surface area (Å²) in [5.74, 6) is 2.51. The van der Waals surface area contributed by atoms with Crippen molar-refractivity contribution in [2.45, 2.75) is 25.4 Å². The largest absolute Gasteiger partial charge is 0.506 e. The van der Waals surface area contributed by atoms with E-state index in [4.69, 9.17) is 10.00 Å². The predicted octanol–water partition coefficient (Wildman–Crippen LogP) is 2.99. The monoisotopic (exact) mass is 349 g/mol. The minimum Gasteiger partial charge on any atom is -0.506 e. The average Bonchev–Trinajstić information content (AvgIpc) is 3.20. The molecule has 1 saturated heterocycles. The second-order valence-electron chi connectivity index (χ2n) is 7.38. The van der Waals surface area contributed by atoms with Crippen LogP contribution in [0.2, 0.25) is 0 Å². The zero-order valence-corrected chi connectivity index (χ0v) is 14.7. The fourth-order valence-corrected chi connectivity index (χ4v) is 4.26. The normalized spacial score (nSPS) is 25.0. The smallest absolute Gasteiger partial charge is 0.133 e. The third-order valence-corrected chi connectivity index (χ3v) is 5.56. The van der Waals surface area contributed by atoms with Gasteiger partial charge in [0, 0.05) is 31.7 Å². The Bertz CT molecular complexity index is 768. The SMILES string of the molecule is N#Cc1ccc(O[C@H]2C[C@@H]3CN(CCc4ccc(O)cn4)C[C@@H]3C2)cc1. The topological polar surface area (TPSA) is 69.4 Å². The van der Waals surface area contributed by atoms with E-state index in [1.807, 2.05) is 30.3 Å². The number of hydrogen-bond donors (Lipinski definition) is 1. The maximum atomic E-state index is 9.30. The third kappa shape index (κ3) is 3.81. The molecule has 0 bridgehead atoms. The Morgan fingerprint density at radius 1 is 1.12 bits per heavy atom. The maximum Gasteiger partial charge on any atom is 0.133 e. The fourth-order valence-electron chi connectivity index (χ4n) is 4.26. The van der Waals surface area contributed by atoms with Gasteiger partial charge in [-0.2, -0.15) is 5.26 Å². The quantitative estimate of drug-likeness (QED) is 0.899. The van der Waals surface area contributed by atoms with E-state index < -0.39 is 0 Å². The molecule has 2 aliphatic rings. The first-order valence-corrected chi connectivity index (χ1v) is 9.22. The molecule has 5 heteroatoms. The molecule has 2 aromatic rings. The van der Waals surface area contributed by atoms with Crippen LogP contribution in [0.5, 0.6) is 11.5 Å². The summed E-state index contributed by atoms with van der Waals surface area (Å²) in [5.41, 5.74) is 1.70. The predicted molar refractivity (Wildman–Crippen MR) is 97.8 cm³/mol. The summed E-state index contributed by atoms with van der Waals surface area (Å²) in [6.07, 6.45) is 4.94. The highest BCUT2D eigenvalue weighted by atomic mass is 16.5. The summed E-state index contributed by atoms with van der Waals surface area (Å²) >= 11 is 0. The van der Waals surface area contributed by atoms with Gasteiger partial charge in [-0.25, -0.2) is 0 Å². The van der Waals surface area contributed by atoms with E-state index in [2.05, 4.69) is 16.0 Å². The standard InChI is InChI=1S/C21H23N3O2/c22-11-15-1-5-20(6-2-15)26-21-9-16-13-24(14-17(16)10-21)8-7-18-3-4-19(25)12-23-18/h1-6,12,16-17,21,25H,7-10,13-14H2/t16-,17+,21+. The van der Waals surface area contributed by atoms with Crippen molar-refractivity contribution in [3.8, 4) is 17.6 Å². The Balaban J connectivity index is 1.24. The lowest BCUT2D eigenvalue weighted by molar-refractivity contribution is 0.186. The Kier molecular flexibility index (Phi) is 4.77. The molecule has 2 heterocycles. The molecule has 134 valence electrons. The molecule has 0 unspecified atom stereocenters. The van der Waals surface area contributed by atoms with Gasteiger partial charge in [0.15, 0.2) is 0 Å². The number of ether oxygens (including phenoxy) is 1. The van der Waals surface area contributed by atoms with Gasteiger partial charge in [-0.05, 0) is 61.1 Å². The number of aromatic nitrogens is 1. The first kappa shape index (κ1) is 16.9. The first-order chi connectivity index (χ1) is 12.7. The van der Waals surface area contributed by atoms with Crippen LogP contribution in [0.15, 0.2) is 42.6 Å². The summed E-state index contributed by atoms with van der Waals surface area (Å²) in [6, 6.07) is 13.1. The lowest BCUT2D eigenvalue weighted by Crippen LogP contribution is -2.26. The van der Waals surface area contributed by atoms with Crippen LogP contribution < -0.4 is 4.74 Å². The number of aromatic hydroxyl groups is 1. The van der Waals surface area contributed by atoms with Gasteiger partial charge in [-0.1, -0.05) is 0 Å². The zero-order valence-electron chi connectivity index (χ0n) is 14.7. The van der Waals surface area contributed by atoms with Crippen LogP contribution in [0.4, 0.5) is 0 Å². The highest BCUT2D eigenvalue weighted by Gasteiger charge is 2.41. The van der Waals surface area contributed by atoms with Crippen LogP contribution in [0, 0.1) is 23.2 Å². The van der Waals surface area contributed by atoms with Gasteiger partial charge >= 0.3 is 0 Å². The summed E-state index contributed by atoms with van der Waals surface area (Å²) in [5, 5.41) is 18.2. The van der Waals surface area contributed by atoms with Crippen molar-refractivity contribution in [3.63, 3.8) is 0 Å². The second-order valence-corrected chi connectivity index (χ2v) is 7.38. The number of benzene rings is 1. The van der Waals surface area contributed by atoms with E-state index in [1.54, 1.807) is 6.07 Å². The summed E-state index contributed by atoms with van der Waals surface area (Å²) < 4.78 is 6.13. The molecular formula is C21H23N3O2. The van der Waals surface area contributed by atoms with Gasteiger partial charge in [0.25, 0.3) is 0 Å². The number of rotatable bonds is 5. The van der Waals surface area contributed by atoms with E-state index >= 15 is 0 Å². The van der Waals surface area contributed by atoms with E-state index in [1.165, 1.54) is 6.20 Å². The number of hydrogen-bond acceptors (Lipinski definition) is 5. The Hall–Kier alpha value is -2.58. The molecule has 2 fully saturated rings. The maximum absolute atomic E-state index is 9.30. The average molecular weight is 349 g/mol. The highest BCUT2D eigenvalue weighted by molar-refractivity contribution is 5.34. The molecule has 0 radical (unpaired) electrons. The minimum absolute atomic E-state index is 0.220. The molecule has 5 nitrogen and oxygen atoms in total. The van der Waals surface area contributed by atoms with E-state index in [0.29, 0.717) is 23.5 Å².